The number of esters is 1. The van der Waals surface area contributed by atoms with E-state index in [0.717, 1.165) is 11.1 Å². The summed E-state index contributed by atoms with van der Waals surface area (Å²) in [7, 11) is 1.37. The second kappa shape index (κ2) is 9.06. The molecule has 3 aromatic rings. The van der Waals surface area contributed by atoms with Gasteiger partial charge in [0.15, 0.2) is 0 Å². The van der Waals surface area contributed by atoms with Crippen molar-refractivity contribution >= 4 is 5.97 Å². The van der Waals surface area contributed by atoms with E-state index >= 15 is 0 Å². The highest BCUT2D eigenvalue weighted by molar-refractivity contribution is 5.71. The first-order chi connectivity index (χ1) is 16.6. The number of hydrogen-bond donors (Lipinski definition) is 0. The Labute approximate surface area is 196 Å². The number of ether oxygens (including phenoxy) is 4. The van der Waals surface area contributed by atoms with Crippen molar-refractivity contribution in [3.63, 3.8) is 0 Å². The number of nitriles is 1. The molecule has 3 aromatic carbocycles. The lowest BCUT2D eigenvalue weighted by molar-refractivity contribution is -0.141. The Morgan fingerprint density at radius 2 is 1.94 bits per heavy atom. The molecule has 0 radical (unpaired) electrons. The Kier molecular flexibility index (Phi) is 5.81. The highest BCUT2D eigenvalue weighted by atomic mass is 19.1. The van der Waals surface area contributed by atoms with Gasteiger partial charge in [-0.3, -0.25) is 4.79 Å². The number of hydrogen-bond acceptors (Lipinski definition) is 6. The summed E-state index contributed by atoms with van der Waals surface area (Å²) in [5.41, 5.74) is 2.76. The number of carbonyl (C=O) groups excluding carboxylic acids is 1. The quantitative estimate of drug-likeness (QED) is 0.447. The number of fused-ring (bicyclic) bond motifs is 2. The van der Waals surface area contributed by atoms with Crippen LogP contribution in [0.5, 0.6) is 23.0 Å². The van der Waals surface area contributed by atoms with Crippen molar-refractivity contribution in [2.45, 2.75) is 31.3 Å². The van der Waals surface area contributed by atoms with Gasteiger partial charge in [-0.1, -0.05) is 6.07 Å². The largest absolute Gasteiger partial charge is 0.492 e. The van der Waals surface area contributed by atoms with Crippen LogP contribution < -0.4 is 14.2 Å². The van der Waals surface area contributed by atoms with Crippen molar-refractivity contribution in [1.82, 2.24) is 0 Å². The fourth-order valence-electron chi connectivity index (χ4n) is 4.53. The van der Waals surface area contributed by atoms with Gasteiger partial charge in [0.2, 0.25) is 0 Å². The molecule has 0 aromatic heterocycles. The second-order valence-corrected chi connectivity index (χ2v) is 8.31. The minimum atomic E-state index is -0.454. The van der Waals surface area contributed by atoms with E-state index in [-0.39, 0.29) is 24.1 Å². The van der Waals surface area contributed by atoms with E-state index < -0.39 is 6.10 Å². The number of carbonyl (C=O) groups is 1. The Bertz CT molecular complexity index is 1280. The zero-order chi connectivity index (χ0) is 23.7. The molecule has 0 bridgehead atoms. The summed E-state index contributed by atoms with van der Waals surface area (Å²) in [6.07, 6.45) is 1.03. The van der Waals surface area contributed by atoms with Crippen molar-refractivity contribution in [1.29, 1.82) is 5.26 Å². The van der Waals surface area contributed by atoms with Crippen LogP contribution in [0.4, 0.5) is 4.39 Å². The number of benzene rings is 3. The van der Waals surface area contributed by atoms with Crippen LogP contribution in [0.2, 0.25) is 0 Å². The highest BCUT2D eigenvalue weighted by Crippen LogP contribution is 2.44. The molecule has 34 heavy (non-hydrogen) atoms. The minimum absolute atomic E-state index is 0.0527. The zero-order valence-electron chi connectivity index (χ0n) is 18.5. The molecule has 1 heterocycles. The molecule has 1 aliphatic heterocycles. The van der Waals surface area contributed by atoms with Gasteiger partial charge in [-0.25, -0.2) is 4.39 Å². The summed E-state index contributed by atoms with van der Waals surface area (Å²) in [5, 5.41) is 8.96. The first-order valence-corrected chi connectivity index (χ1v) is 11.0. The molecule has 5 rings (SSSR count). The van der Waals surface area contributed by atoms with E-state index in [4.69, 9.17) is 24.2 Å². The maximum absolute atomic E-state index is 14.8. The van der Waals surface area contributed by atoms with E-state index in [1.807, 2.05) is 12.1 Å². The molecule has 0 saturated carbocycles. The van der Waals surface area contributed by atoms with Gasteiger partial charge >= 0.3 is 5.97 Å². The standard InChI is InChI=1S/C27H22FNO5/c1-31-26(30)12-17-15-32-25-13-19(6-7-20(17)25)34-24-10-8-21-23(11-9-22(28)27(21)24)33-18-4-2-16(14-29)3-5-18/h2-7,9,11,13,17,24H,8,10,12,15H2,1H3. The maximum Gasteiger partial charge on any atom is 0.306 e. The van der Waals surface area contributed by atoms with Gasteiger partial charge in [-0.15, -0.1) is 0 Å². The van der Waals surface area contributed by atoms with E-state index in [0.29, 0.717) is 53.6 Å². The van der Waals surface area contributed by atoms with Crippen molar-refractivity contribution in [3.05, 3.63) is 82.7 Å². The monoisotopic (exact) mass is 459 g/mol. The van der Waals surface area contributed by atoms with Crippen LogP contribution in [0.25, 0.3) is 0 Å². The lowest BCUT2D eigenvalue weighted by atomic mass is 9.98. The Morgan fingerprint density at radius 3 is 2.71 bits per heavy atom. The van der Waals surface area contributed by atoms with E-state index in [9.17, 15) is 9.18 Å². The van der Waals surface area contributed by atoms with Crippen molar-refractivity contribution in [3.8, 4) is 29.1 Å². The molecule has 2 atom stereocenters. The predicted octanol–water partition coefficient (Wildman–Crippen LogP) is 5.60. The van der Waals surface area contributed by atoms with Crippen molar-refractivity contribution < 1.29 is 28.1 Å². The lowest BCUT2D eigenvalue weighted by Gasteiger charge is -2.17. The third kappa shape index (κ3) is 4.15. The van der Waals surface area contributed by atoms with Crippen molar-refractivity contribution in [2.24, 2.45) is 0 Å². The van der Waals surface area contributed by atoms with Gasteiger partial charge in [-0.05, 0) is 55.3 Å². The van der Waals surface area contributed by atoms with Crippen LogP contribution in [-0.2, 0) is 16.0 Å². The fraction of sp³-hybridized carbons (Fsp3) is 0.259. The summed E-state index contributed by atoms with van der Waals surface area (Å²) < 4.78 is 37.5. The SMILES string of the molecule is COC(=O)CC1COc2cc(OC3CCc4c(Oc5ccc(C#N)cc5)ccc(F)c43)ccc21. The van der Waals surface area contributed by atoms with Gasteiger partial charge in [0.25, 0.3) is 0 Å². The van der Waals surface area contributed by atoms with Gasteiger partial charge in [0.05, 0.1) is 31.8 Å². The molecule has 0 saturated heterocycles. The first kappa shape index (κ1) is 21.8. The molecule has 0 N–H and O–H groups in total. The summed E-state index contributed by atoms with van der Waals surface area (Å²) in [4.78, 5) is 11.6. The van der Waals surface area contributed by atoms with E-state index in [1.54, 1.807) is 36.4 Å². The molecule has 2 unspecified atom stereocenters. The fourth-order valence-corrected chi connectivity index (χ4v) is 4.53. The summed E-state index contributed by atoms with van der Waals surface area (Å²) in [6, 6.07) is 17.4. The predicted molar refractivity (Wildman–Crippen MR) is 121 cm³/mol. The molecule has 0 spiro atoms. The van der Waals surface area contributed by atoms with Gasteiger partial charge < -0.3 is 18.9 Å². The molecule has 0 fully saturated rings. The minimum Gasteiger partial charge on any atom is -0.492 e. The van der Waals surface area contributed by atoms with Crippen LogP contribution in [0, 0.1) is 17.1 Å². The van der Waals surface area contributed by atoms with E-state index in [1.165, 1.54) is 13.2 Å². The van der Waals surface area contributed by atoms with Crippen molar-refractivity contribution in [2.75, 3.05) is 13.7 Å². The maximum atomic E-state index is 14.8. The van der Waals surface area contributed by atoms with Crippen LogP contribution in [0.1, 0.15) is 47.1 Å². The molecule has 1 aliphatic carbocycles. The Hall–Kier alpha value is -4.05. The van der Waals surface area contributed by atoms with Crippen LogP contribution in [-0.4, -0.2) is 19.7 Å². The van der Waals surface area contributed by atoms with Gasteiger partial charge in [-0.2, -0.15) is 5.26 Å². The first-order valence-electron chi connectivity index (χ1n) is 11.0. The Morgan fingerprint density at radius 1 is 1.15 bits per heavy atom. The molecular formula is C27H22FNO5. The molecule has 172 valence electrons. The summed E-state index contributed by atoms with van der Waals surface area (Å²) >= 11 is 0. The lowest BCUT2D eigenvalue weighted by Crippen LogP contribution is -2.09. The normalized spacial score (nSPS) is 17.8. The average Bonchev–Trinajstić information content (AvgIpc) is 3.46. The number of methoxy groups -OCH3 is 1. The second-order valence-electron chi connectivity index (χ2n) is 8.31. The topological polar surface area (TPSA) is 77.8 Å². The summed E-state index contributed by atoms with van der Waals surface area (Å²) in [6.45, 7) is 0.408. The highest BCUT2D eigenvalue weighted by Gasteiger charge is 2.32. The number of nitrogens with zero attached hydrogens (tertiary/aromatic N) is 1. The van der Waals surface area contributed by atoms with Crippen LogP contribution in [0.3, 0.4) is 0 Å². The van der Waals surface area contributed by atoms with Gasteiger partial charge in [0, 0.05) is 28.7 Å². The molecular weight excluding hydrogens is 437 g/mol. The molecule has 6 nitrogen and oxygen atoms in total. The van der Waals surface area contributed by atoms with Crippen LogP contribution >= 0.6 is 0 Å². The molecule has 0 amide bonds. The zero-order valence-corrected chi connectivity index (χ0v) is 18.5. The smallest absolute Gasteiger partial charge is 0.306 e. The van der Waals surface area contributed by atoms with E-state index in [2.05, 4.69) is 6.07 Å². The third-order valence-electron chi connectivity index (χ3n) is 6.23. The number of halogens is 1. The summed E-state index contributed by atoms with van der Waals surface area (Å²) in [5.74, 6) is 1.74. The molecule has 7 heteroatoms. The van der Waals surface area contributed by atoms with Gasteiger partial charge in [0.1, 0.15) is 34.9 Å². The number of rotatable bonds is 6. The average molecular weight is 459 g/mol. The molecule has 2 aliphatic rings. The van der Waals surface area contributed by atoms with Crippen LogP contribution in [0.15, 0.2) is 54.6 Å². The Balaban J connectivity index is 1.35. The third-order valence-corrected chi connectivity index (χ3v) is 6.23.